The van der Waals surface area contributed by atoms with Crippen LogP contribution in [0.25, 0.3) is 0 Å². The number of rotatable bonds is 7. The molecule has 1 aliphatic rings. The van der Waals surface area contributed by atoms with Gasteiger partial charge in [-0.15, -0.1) is 0 Å². The van der Waals surface area contributed by atoms with E-state index >= 15 is 0 Å². The number of aliphatic imine (C=N–C) groups is 1. The van der Waals surface area contributed by atoms with Crippen LogP contribution in [-0.2, 0) is 4.74 Å². The largest absolute Gasteiger partial charge is 0.382 e. The van der Waals surface area contributed by atoms with E-state index < -0.39 is 0 Å². The SMILES string of the molecule is CCOCCCNC(=NC)N1CCC(CC(C)C)C1. The number of ether oxygens (including phenoxy) is 1. The highest BCUT2D eigenvalue weighted by molar-refractivity contribution is 5.80. The van der Waals surface area contributed by atoms with Crippen LogP contribution in [0.1, 0.15) is 40.0 Å². The number of hydrogen-bond acceptors (Lipinski definition) is 2. The van der Waals surface area contributed by atoms with Crippen LogP contribution in [0, 0.1) is 11.8 Å². The molecule has 1 rings (SSSR count). The first-order chi connectivity index (χ1) is 9.17. The molecule has 1 aliphatic heterocycles. The van der Waals surface area contributed by atoms with Crippen LogP contribution in [0.2, 0.25) is 0 Å². The number of nitrogens with one attached hydrogen (secondary N) is 1. The summed E-state index contributed by atoms with van der Waals surface area (Å²) in [6, 6.07) is 0. The van der Waals surface area contributed by atoms with Gasteiger partial charge in [-0.05, 0) is 38.0 Å². The molecule has 0 aromatic carbocycles. The lowest BCUT2D eigenvalue weighted by molar-refractivity contribution is 0.145. The van der Waals surface area contributed by atoms with Crippen LogP contribution < -0.4 is 5.32 Å². The van der Waals surface area contributed by atoms with E-state index in [0.717, 1.165) is 57.1 Å². The minimum absolute atomic E-state index is 0.797. The van der Waals surface area contributed by atoms with E-state index in [-0.39, 0.29) is 0 Å². The van der Waals surface area contributed by atoms with Crippen molar-refractivity contribution < 1.29 is 4.74 Å². The highest BCUT2D eigenvalue weighted by atomic mass is 16.5. The molecule has 4 nitrogen and oxygen atoms in total. The molecule has 0 aromatic rings. The van der Waals surface area contributed by atoms with Crippen molar-refractivity contribution in [3.63, 3.8) is 0 Å². The summed E-state index contributed by atoms with van der Waals surface area (Å²) < 4.78 is 5.34. The highest BCUT2D eigenvalue weighted by Gasteiger charge is 2.24. The summed E-state index contributed by atoms with van der Waals surface area (Å²) in [6.45, 7) is 11.5. The van der Waals surface area contributed by atoms with E-state index in [1.165, 1.54) is 12.8 Å². The average molecular weight is 269 g/mol. The molecular weight excluding hydrogens is 238 g/mol. The number of hydrogen-bond donors (Lipinski definition) is 1. The average Bonchev–Trinajstić information content (AvgIpc) is 2.81. The molecule has 1 fully saturated rings. The van der Waals surface area contributed by atoms with Crippen molar-refractivity contribution in [3.05, 3.63) is 0 Å². The third kappa shape index (κ3) is 6.28. The second kappa shape index (κ2) is 9.18. The quantitative estimate of drug-likeness (QED) is 0.438. The second-order valence-corrected chi connectivity index (χ2v) is 5.75. The molecule has 0 aromatic heterocycles. The fourth-order valence-corrected chi connectivity index (χ4v) is 2.74. The van der Waals surface area contributed by atoms with Gasteiger partial charge in [-0.2, -0.15) is 0 Å². The maximum atomic E-state index is 5.34. The predicted octanol–water partition coefficient (Wildman–Crippen LogP) is 2.36. The summed E-state index contributed by atoms with van der Waals surface area (Å²) in [5.41, 5.74) is 0. The standard InChI is InChI=1S/C15H31N3O/c1-5-19-10-6-8-17-15(16-4)18-9-7-14(12-18)11-13(2)3/h13-14H,5-12H2,1-4H3,(H,16,17). The summed E-state index contributed by atoms with van der Waals surface area (Å²) in [4.78, 5) is 6.79. The second-order valence-electron chi connectivity index (χ2n) is 5.75. The first-order valence-corrected chi connectivity index (χ1v) is 7.70. The Bertz CT molecular complexity index is 266. The van der Waals surface area contributed by atoms with Gasteiger partial charge in [-0.3, -0.25) is 4.99 Å². The molecular formula is C15H31N3O. The molecule has 1 heterocycles. The Morgan fingerprint density at radius 1 is 1.47 bits per heavy atom. The van der Waals surface area contributed by atoms with Crippen molar-refractivity contribution in [2.75, 3.05) is 39.9 Å². The summed E-state index contributed by atoms with van der Waals surface area (Å²) in [6.07, 6.45) is 3.67. The fourth-order valence-electron chi connectivity index (χ4n) is 2.74. The van der Waals surface area contributed by atoms with Gasteiger partial charge in [0.25, 0.3) is 0 Å². The third-order valence-electron chi connectivity index (χ3n) is 3.55. The molecule has 4 heteroatoms. The minimum Gasteiger partial charge on any atom is -0.382 e. The Balaban J connectivity index is 2.24. The molecule has 1 unspecified atom stereocenters. The molecule has 112 valence electrons. The normalized spacial score (nSPS) is 20.4. The first kappa shape index (κ1) is 16.3. The van der Waals surface area contributed by atoms with E-state index in [0.29, 0.717) is 0 Å². The van der Waals surface area contributed by atoms with Gasteiger partial charge in [-0.1, -0.05) is 13.8 Å². The number of likely N-dealkylation sites (tertiary alicyclic amines) is 1. The van der Waals surface area contributed by atoms with Crippen LogP contribution in [0.15, 0.2) is 4.99 Å². The van der Waals surface area contributed by atoms with E-state index in [4.69, 9.17) is 4.74 Å². The van der Waals surface area contributed by atoms with Crippen molar-refractivity contribution in [2.24, 2.45) is 16.8 Å². The molecule has 1 N–H and O–H groups in total. The topological polar surface area (TPSA) is 36.9 Å². The van der Waals surface area contributed by atoms with Crippen LogP contribution in [0.4, 0.5) is 0 Å². The smallest absolute Gasteiger partial charge is 0.193 e. The molecule has 0 aliphatic carbocycles. The van der Waals surface area contributed by atoms with Crippen LogP contribution >= 0.6 is 0 Å². The summed E-state index contributed by atoms with van der Waals surface area (Å²) in [5.74, 6) is 2.69. The van der Waals surface area contributed by atoms with Gasteiger partial charge in [0.15, 0.2) is 5.96 Å². The molecule has 0 saturated carbocycles. The lowest BCUT2D eigenvalue weighted by atomic mass is 9.97. The van der Waals surface area contributed by atoms with E-state index in [2.05, 4.69) is 29.1 Å². The number of guanidine groups is 1. The van der Waals surface area contributed by atoms with Crippen molar-refractivity contribution in [1.82, 2.24) is 10.2 Å². The predicted molar refractivity (Wildman–Crippen MR) is 81.6 cm³/mol. The van der Waals surface area contributed by atoms with Crippen molar-refractivity contribution in [3.8, 4) is 0 Å². The fraction of sp³-hybridized carbons (Fsp3) is 0.933. The van der Waals surface area contributed by atoms with Crippen molar-refractivity contribution in [1.29, 1.82) is 0 Å². The summed E-state index contributed by atoms with van der Waals surface area (Å²) >= 11 is 0. The monoisotopic (exact) mass is 269 g/mol. The van der Waals surface area contributed by atoms with Crippen molar-refractivity contribution >= 4 is 5.96 Å². The summed E-state index contributed by atoms with van der Waals surface area (Å²) in [7, 11) is 1.88. The van der Waals surface area contributed by atoms with Gasteiger partial charge in [0, 0.05) is 39.9 Å². The third-order valence-corrected chi connectivity index (χ3v) is 3.55. The maximum Gasteiger partial charge on any atom is 0.193 e. The molecule has 0 spiro atoms. The first-order valence-electron chi connectivity index (χ1n) is 7.70. The zero-order valence-electron chi connectivity index (χ0n) is 13.1. The Morgan fingerprint density at radius 3 is 2.89 bits per heavy atom. The van der Waals surface area contributed by atoms with Gasteiger partial charge in [0.05, 0.1) is 0 Å². The number of nitrogens with zero attached hydrogens (tertiary/aromatic N) is 2. The molecule has 1 saturated heterocycles. The minimum atomic E-state index is 0.797. The lowest BCUT2D eigenvalue weighted by Gasteiger charge is -2.22. The van der Waals surface area contributed by atoms with E-state index in [1.54, 1.807) is 0 Å². The molecule has 0 radical (unpaired) electrons. The van der Waals surface area contributed by atoms with Gasteiger partial charge < -0.3 is 15.0 Å². The Hall–Kier alpha value is -0.770. The van der Waals surface area contributed by atoms with Crippen LogP contribution in [0.5, 0.6) is 0 Å². The summed E-state index contributed by atoms with van der Waals surface area (Å²) in [5, 5.41) is 3.44. The van der Waals surface area contributed by atoms with Gasteiger partial charge >= 0.3 is 0 Å². The van der Waals surface area contributed by atoms with Crippen LogP contribution in [-0.4, -0.2) is 50.8 Å². The van der Waals surface area contributed by atoms with Crippen LogP contribution in [0.3, 0.4) is 0 Å². The zero-order chi connectivity index (χ0) is 14.1. The van der Waals surface area contributed by atoms with Gasteiger partial charge in [-0.25, -0.2) is 0 Å². The zero-order valence-corrected chi connectivity index (χ0v) is 13.1. The molecule has 1 atom stereocenters. The highest BCUT2D eigenvalue weighted by Crippen LogP contribution is 2.23. The maximum absolute atomic E-state index is 5.34. The van der Waals surface area contributed by atoms with Gasteiger partial charge in [0.1, 0.15) is 0 Å². The molecule has 0 bridgehead atoms. The Labute approximate surface area is 118 Å². The van der Waals surface area contributed by atoms with E-state index in [9.17, 15) is 0 Å². The van der Waals surface area contributed by atoms with E-state index in [1.807, 2.05) is 14.0 Å². The van der Waals surface area contributed by atoms with Gasteiger partial charge in [0.2, 0.25) is 0 Å². The Morgan fingerprint density at radius 2 is 2.26 bits per heavy atom. The lowest BCUT2D eigenvalue weighted by Crippen LogP contribution is -2.40. The van der Waals surface area contributed by atoms with Crippen molar-refractivity contribution in [2.45, 2.75) is 40.0 Å². The Kier molecular flexibility index (Phi) is 7.87. The molecule has 0 amide bonds. The molecule has 19 heavy (non-hydrogen) atoms.